The van der Waals surface area contributed by atoms with Crippen LogP contribution in [-0.2, 0) is 0 Å². The lowest BCUT2D eigenvalue weighted by atomic mass is 10.1. The van der Waals surface area contributed by atoms with E-state index in [0.717, 1.165) is 23.4 Å². The van der Waals surface area contributed by atoms with Gasteiger partial charge in [0.2, 0.25) is 0 Å². The van der Waals surface area contributed by atoms with Gasteiger partial charge in [0.05, 0.1) is 11.8 Å². The molecule has 98 valence electrons. The molecule has 3 nitrogen and oxygen atoms in total. The van der Waals surface area contributed by atoms with Gasteiger partial charge in [-0.05, 0) is 51.2 Å². The predicted octanol–water partition coefficient (Wildman–Crippen LogP) is 3.04. The van der Waals surface area contributed by atoms with E-state index in [0.29, 0.717) is 0 Å². The zero-order chi connectivity index (χ0) is 12.7. The number of fused-ring (bicyclic) bond motifs is 2. The Morgan fingerprint density at radius 3 is 2.78 bits per heavy atom. The van der Waals surface area contributed by atoms with E-state index in [4.69, 9.17) is 10.5 Å². The van der Waals surface area contributed by atoms with Crippen LogP contribution in [0.15, 0.2) is 18.2 Å². The Kier molecular flexibility index (Phi) is 2.84. The Morgan fingerprint density at radius 2 is 2.17 bits per heavy atom. The molecule has 1 aromatic rings. The molecule has 2 unspecified atom stereocenters. The smallest absolute Gasteiger partial charge is 0.144 e. The highest BCUT2D eigenvalue weighted by Crippen LogP contribution is 2.41. The van der Waals surface area contributed by atoms with Crippen molar-refractivity contribution in [3.8, 4) is 5.75 Å². The van der Waals surface area contributed by atoms with E-state index in [2.05, 4.69) is 17.0 Å². The van der Waals surface area contributed by atoms with E-state index in [1.165, 1.54) is 31.5 Å². The molecule has 1 aliphatic heterocycles. The molecule has 1 aromatic carbocycles. The molecule has 0 amide bonds. The van der Waals surface area contributed by atoms with Crippen LogP contribution < -0.4 is 15.4 Å². The standard InChI is InChI=1S/C15H22N2O/c1-10(2)18-15-8-13(5-6-14(15)16)17-9-11-3-4-12(17)7-11/h5-6,8,10-12H,3-4,7,9,16H2,1-2H3. The number of hydrogen-bond donors (Lipinski definition) is 1. The van der Waals surface area contributed by atoms with Crippen LogP contribution in [0, 0.1) is 5.92 Å². The van der Waals surface area contributed by atoms with Crippen LogP contribution in [0.1, 0.15) is 33.1 Å². The molecule has 1 heterocycles. The Balaban J connectivity index is 1.84. The normalized spacial score (nSPS) is 26.1. The fraction of sp³-hybridized carbons (Fsp3) is 0.600. The maximum Gasteiger partial charge on any atom is 0.144 e. The minimum absolute atomic E-state index is 0.164. The van der Waals surface area contributed by atoms with Gasteiger partial charge in [0.1, 0.15) is 5.75 Å². The first kappa shape index (κ1) is 11.7. The second-order valence-electron chi connectivity index (χ2n) is 5.87. The first-order valence-corrected chi connectivity index (χ1v) is 6.96. The third-order valence-electron chi connectivity index (χ3n) is 4.10. The van der Waals surface area contributed by atoms with Gasteiger partial charge in [-0.3, -0.25) is 0 Å². The molecule has 1 saturated heterocycles. The fourth-order valence-corrected chi connectivity index (χ4v) is 3.30. The van der Waals surface area contributed by atoms with Crippen molar-refractivity contribution in [3.05, 3.63) is 18.2 Å². The van der Waals surface area contributed by atoms with Crippen molar-refractivity contribution in [2.45, 2.75) is 45.3 Å². The van der Waals surface area contributed by atoms with Crippen molar-refractivity contribution in [1.29, 1.82) is 0 Å². The van der Waals surface area contributed by atoms with Crippen LogP contribution in [0.5, 0.6) is 5.75 Å². The predicted molar refractivity (Wildman–Crippen MR) is 75.1 cm³/mol. The topological polar surface area (TPSA) is 38.5 Å². The van der Waals surface area contributed by atoms with Crippen LogP contribution in [0.4, 0.5) is 11.4 Å². The molecule has 1 aliphatic carbocycles. The Morgan fingerprint density at radius 1 is 1.33 bits per heavy atom. The van der Waals surface area contributed by atoms with Crippen molar-refractivity contribution in [2.75, 3.05) is 17.2 Å². The van der Waals surface area contributed by atoms with Crippen molar-refractivity contribution in [1.82, 2.24) is 0 Å². The van der Waals surface area contributed by atoms with Gasteiger partial charge < -0.3 is 15.4 Å². The minimum atomic E-state index is 0.164. The first-order valence-electron chi connectivity index (χ1n) is 6.96. The van der Waals surface area contributed by atoms with Gasteiger partial charge in [-0.25, -0.2) is 0 Å². The lowest BCUT2D eigenvalue weighted by Gasteiger charge is -2.29. The van der Waals surface area contributed by atoms with E-state index >= 15 is 0 Å². The number of ether oxygens (including phenoxy) is 1. The van der Waals surface area contributed by atoms with E-state index in [1.54, 1.807) is 0 Å². The molecule has 2 atom stereocenters. The van der Waals surface area contributed by atoms with E-state index in [9.17, 15) is 0 Å². The summed E-state index contributed by atoms with van der Waals surface area (Å²) >= 11 is 0. The average molecular weight is 246 g/mol. The fourth-order valence-electron chi connectivity index (χ4n) is 3.30. The molecular weight excluding hydrogens is 224 g/mol. The van der Waals surface area contributed by atoms with Crippen molar-refractivity contribution in [2.24, 2.45) is 5.92 Å². The van der Waals surface area contributed by atoms with E-state index in [1.807, 2.05) is 19.9 Å². The molecule has 2 aliphatic rings. The Labute approximate surface area is 109 Å². The summed E-state index contributed by atoms with van der Waals surface area (Å²) in [5.74, 6) is 1.73. The SMILES string of the molecule is CC(C)Oc1cc(N2CC3CCC2C3)ccc1N. The van der Waals surface area contributed by atoms with Crippen molar-refractivity contribution < 1.29 is 4.74 Å². The Hall–Kier alpha value is -1.38. The maximum absolute atomic E-state index is 5.97. The van der Waals surface area contributed by atoms with Crippen LogP contribution in [0.25, 0.3) is 0 Å². The van der Waals surface area contributed by atoms with Crippen LogP contribution in [0.3, 0.4) is 0 Å². The lowest BCUT2D eigenvalue weighted by molar-refractivity contribution is 0.244. The third kappa shape index (κ3) is 2.02. The van der Waals surface area contributed by atoms with Crippen molar-refractivity contribution in [3.63, 3.8) is 0 Å². The number of piperidine rings is 1. The number of hydrogen-bond acceptors (Lipinski definition) is 3. The van der Waals surface area contributed by atoms with E-state index in [-0.39, 0.29) is 6.10 Å². The number of anilines is 2. The molecule has 1 saturated carbocycles. The highest BCUT2D eigenvalue weighted by molar-refractivity contribution is 5.63. The molecule has 3 rings (SSSR count). The van der Waals surface area contributed by atoms with Gasteiger partial charge in [0, 0.05) is 24.3 Å². The zero-order valence-corrected chi connectivity index (χ0v) is 11.2. The van der Waals surface area contributed by atoms with Crippen LogP contribution >= 0.6 is 0 Å². The molecule has 2 N–H and O–H groups in total. The molecule has 3 heteroatoms. The molecule has 0 spiro atoms. The monoisotopic (exact) mass is 246 g/mol. The van der Waals surface area contributed by atoms with E-state index < -0.39 is 0 Å². The van der Waals surface area contributed by atoms with Gasteiger partial charge in [-0.2, -0.15) is 0 Å². The number of benzene rings is 1. The molecule has 2 bridgehead atoms. The number of rotatable bonds is 3. The van der Waals surface area contributed by atoms with Gasteiger partial charge >= 0.3 is 0 Å². The summed E-state index contributed by atoms with van der Waals surface area (Å²) in [5, 5.41) is 0. The second kappa shape index (κ2) is 4.38. The minimum Gasteiger partial charge on any atom is -0.489 e. The highest BCUT2D eigenvalue weighted by atomic mass is 16.5. The number of nitrogens with two attached hydrogens (primary N) is 1. The largest absolute Gasteiger partial charge is 0.489 e. The summed E-state index contributed by atoms with van der Waals surface area (Å²) in [6.07, 6.45) is 4.28. The zero-order valence-electron chi connectivity index (χ0n) is 11.2. The summed E-state index contributed by atoms with van der Waals surface area (Å²) in [4.78, 5) is 2.53. The first-order chi connectivity index (χ1) is 8.63. The van der Waals surface area contributed by atoms with Gasteiger partial charge in [-0.1, -0.05) is 0 Å². The van der Waals surface area contributed by atoms with Crippen LogP contribution in [0.2, 0.25) is 0 Å². The van der Waals surface area contributed by atoms with Crippen molar-refractivity contribution >= 4 is 11.4 Å². The van der Waals surface area contributed by atoms with Gasteiger partial charge in [0.15, 0.2) is 0 Å². The van der Waals surface area contributed by atoms with Gasteiger partial charge in [0.25, 0.3) is 0 Å². The Bertz CT molecular complexity index is 444. The third-order valence-corrected chi connectivity index (χ3v) is 4.10. The summed E-state index contributed by atoms with van der Waals surface area (Å²) in [6, 6.07) is 6.95. The average Bonchev–Trinajstić information content (AvgIpc) is 2.93. The molecule has 18 heavy (non-hydrogen) atoms. The summed E-state index contributed by atoms with van der Waals surface area (Å²) in [7, 11) is 0. The van der Waals surface area contributed by atoms with Crippen LogP contribution in [-0.4, -0.2) is 18.7 Å². The second-order valence-corrected chi connectivity index (χ2v) is 5.87. The number of nitrogens with zero attached hydrogens (tertiary/aromatic N) is 1. The lowest BCUT2D eigenvalue weighted by Crippen LogP contribution is -2.31. The van der Waals surface area contributed by atoms with Gasteiger partial charge in [-0.15, -0.1) is 0 Å². The summed E-state index contributed by atoms with van der Waals surface area (Å²) in [6.45, 7) is 5.27. The summed E-state index contributed by atoms with van der Waals surface area (Å²) < 4.78 is 5.77. The number of nitrogen functional groups attached to an aromatic ring is 1. The molecule has 2 fully saturated rings. The quantitative estimate of drug-likeness (QED) is 0.833. The highest BCUT2D eigenvalue weighted by Gasteiger charge is 2.37. The summed E-state index contributed by atoms with van der Waals surface area (Å²) in [5.41, 5.74) is 7.97. The molecular formula is C15H22N2O. The molecule has 0 aromatic heterocycles. The maximum atomic E-state index is 5.97. The molecule has 0 radical (unpaired) electrons.